The van der Waals surface area contributed by atoms with Crippen LogP contribution in [0.1, 0.15) is 37.7 Å². The average Bonchev–Trinajstić information content (AvgIpc) is 3.22. The number of fused-ring (bicyclic) bond motifs is 1. The van der Waals surface area contributed by atoms with E-state index in [1.807, 2.05) is 23.1 Å². The van der Waals surface area contributed by atoms with Crippen molar-refractivity contribution in [1.82, 2.24) is 5.32 Å². The van der Waals surface area contributed by atoms with Gasteiger partial charge in [-0.2, -0.15) is 0 Å². The van der Waals surface area contributed by atoms with E-state index in [-0.39, 0.29) is 17.7 Å². The maximum absolute atomic E-state index is 11.7. The van der Waals surface area contributed by atoms with E-state index in [0.29, 0.717) is 12.5 Å². The first-order valence-electron chi connectivity index (χ1n) is 7.31. The minimum absolute atomic E-state index is 0.0852. The SMILES string of the molecule is CC(=O)N1CC(CCNC(=O)C2CC2)c2ccccc21. The van der Waals surface area contributed by atoms with E-state index < -0.39 is 0 Å². The molecular formula is C16H20N2O2. The van der Waals surface area contributed by atoms with Gasteiger partial charge in [-0.3, -0.25) is 9.59 Å². The van der Waals surface area contributed by atoms with E-state index in [1.165, 1.54) is 5.56 Å². The number of hydrogen-bond acceptors (Lipinski definition) is 2. The zero-order valence-corrected chi connectivity index (χ0v) is 11.8. The highest BCUT2D eigenvalue weighted by molar-refractivity contribution is 5.94. The van der Waals surface area contributed by atoms with Crippen molar-refractivity contribution in [3.05, 3.63) is 29.8 Å². The summed E-state index contributed by atoms with van der Waals surface area (Å²) in [6.07, 6.45) is 2.96. The lowest BCUT2D eigenvalue weighted by molar-refractivity contribution is -0.122. The standard InChI is InChI=1S/C16H20N2O2/c1-11(19)18-10-13(14-4-2-3-5-15(14)18)8-9-17-16(20)12-6-7-12/h2-5,12-13H,6-10H2,1H3,(H,17,20). The molecule has 2 amide bonds. The number of anilines is 1. The van der Waals surface area contributed by atoms with Crippen LogP contribution in [0.15, 0.2) is 24.3 Å². The third-order valence-electron chi connectivity index (χ3n) is 4.19. The summed E-state index contributed by atoms with van der Waals surface area (Å²) in [4.78, 5) is 25.1. The smallest absolute Gasteiger partial charge is 0.223 e. The van der Waals surface area contributed by atoms with Gasteiger partial charge in [-0.1, -0.05) is 18.2 Å². The Morgan fingerprint density at radius 2 is 2.05 bits per heavy atom. The second-order valence-corrected chi connectivity index (χ2v) is 5.74. The molecule has 0 radical (unpaired) electrons. The molecule has 1 N–H and O–H groups in total. The van der Waals surface area contributed by atoms with Gasteiger partial charge in [-0.15, -0.1) is 0 Å². The van der Waals surface area contributed by atoms with Crippen LogP contribution in [0.25, 0.3) is 0 Å². The molecule has 1 fully saturated rings. The van der Waals surface area contributed by atoms with Gasteiger partial charge in [0, 0.05) is 37.5 Å². The highest BCUT2D eigenvalue weighted by Crippen LogP contribution is 2.37. The van der Waals surface area contributed by atoms with Crippen molar-refractivity contribution < 1.29 is 9.59 Å². The number of amides is 2. The van der Waals surface area contributed by atoms with Crippen molar-refractivity contribution in [1.29, 1.82) is 0 Å². The molecule has 0 spiro atoms. The molecule has 1 saturated carbocycles. The number of rotatable bonds is 4. The Balaban J connectivity index is 1.62. The third-order valence-corrected chi connectivity index (χ3v) is 4.19. The fourth-order valence-corrected chi connectivity index (χ4v) is 2.90. The van der Waals surface area contributed by atoms with E-state index in [0.717, 1.165) is 31.5 Å². The molecule has 1 unspecified atom stereocenters. The first-order valence-corrected chi connectivity index (χ1v) is 7.31. The molecule has 0 saturated heterocycles. The maximum atomic E-state index is 11.7. The van der Waals surface area contributed by atoms with Crippen molar-refractivity contribution in [2.24, 2.45) is 5.92 Å². The summed E-state index contributed by atoms with van der Waals surface area (Å²) >= 11 is 0. The molecule has 106 valence electrons. The summed E-state index contributed by atoms with van der Waals surface area (Å²) < 4.78 is 0. The summed E-state index contributed by atoms with van der Waals surface area (Å²) in [5.74, 6) is 0.871. The van der Waals surface area contributed by atoms with Crippen LogP contribution in [0.3, 0.4) is 0 Å². The average molecular weight is 272 g/mol. The van der Waals surface area contributed by atoms with Crippen molar-refractivity contribution >= 4 is 17.5 Å². The molecule has 2 aliphatic rings. The van der Waals surface area contributed by atoms with Crippen LogP contribution >= 0.6 is 0 Å². The Morgan fingerprint density at radius 3 is 2.75 bits per heavy atom. The summed E-state index contributed by atoms with van der Waals surface area (Å²) in [5.41, 5.74) is 2.25. The van der Waals surface area contributed by atoms with Crippen molar-refractivity contribution in [2.75, 3.05) is 18.0 Å². The van der Waals surface area contributed by atoms with Gasteiger partial charge < -0.3 is 10.2 Å². The van der Waals surface area contributed by atoms with Crippen molar-refractivity contribution in [3.63, 3.8) is 0 Å². The number of carbonyl (C=O) groups excluding carboxylic acids is 2. The normalized spacial score (nSPS) is 20.6. The molecule has 1 aromatic carbocycles. The van der Waals surface area contributed by atoms with Crippen LogP contribution in [-0.2, 0) is 9.59 Å². The number of hydrogen-bond donors (Lipinski definition) is 1. The fourth-order valence-electron chi connectivity index (χ4n) is 2.90. The van der Waals surface area contributed by atoms with E-state index in [4.69, 9.17) is 0 Å². The molecule has 1 heterocycles. The first kappa shape index (κ1) is 13.2. The van der Waals surface area contributed by atoms with Gasteiger partial charge in [0.2, 0.25) is 11.8 Å². The van der Waals surface area contributed by atoms with Gasteiger partial charge in [0.05, 0.1) is 0 Å². The number of carbonyl (C=O) groups is 2. The van der Waals surface area contributed by atoms with Gasteiger partial charge in [0.15, 0.2) is 0 Å². The molecule has 4 nitrogen and oxygen atoms in total. The second-order valence-electron chi connectivity index (χ2n) is 5.74. The van der Waals surface area contributed by atoms with Crippen molar-refractivity contribution in [2.45, 2.75) is 32.1 Å². The Labute approximate surface area is 119 Å². The maximum Gasteiger partial charge on any atom is 0.223 e. The summed E-state index contributed by atoms with van der Waals surface area (Å²) in [7, 11) is 0. The molecule has 1 aromatic rings. The second kappa shape index (κ2) is 5.27. The number of para-hydroxylation sites is 1. The van der Waals surface area contributed by atoms with E-state index in [1.54, 1.807) is 6.92 Å². The first-order chi connectivity index (χ1) is 9.66. The molecule has 0 aromatic heterocycles. The molecule has 1 atom stereocenters. The van der Waals surface area contributed by atoms with Crippen LogP contribution < -0.4 is 10.2 Å². The summed E-state index contributed by atoms with van der Waals surface area (Å²) in [6.45, 7) is 3.03. The molecular weight excluding hydrogens is 252 g/mol. The zero-order chi connectivity index (χ0) is 14.1. The quantitative estimate of drug-likeness (QED) is 0.912. The molecule has 1 aliphatic heterocycles. The molecule has 20 heavy (non-hydrogen) atoms. The highest BCUT2D eigenvalue weighted by atomic mass is 16.2. The van der Waals surface area contributed by atoms with Gasteiger partial charge in [0.1, 0.15) is 0 Å². The number of nitrogens with zero attached hydrogens (tertiary/aromatic N) is 1. The van der Waals surface area contributed by atoms with Gasteiger partial charge in [0.25, 0.3) is 0 Å². The van der Waals surface area contributed by atoms with Crippen LogP contribution in [0.4, 0.5) is 5.69 Å². The molecule has 4 heteroatoms. The lowest BCUT2D eigenvalue weighted by atomic mass is 9.98. The third kappa shape index (κ3) is 2.55. The van der Waals surface area contributed by atoms with E-state index in [9.17, 15) is 9.59 Å². The molecule has 1 aliphatic carbocycles. The van der Waals surface area contributed by atoms with Gasteiger partial charge in [-0.25, -0.2) is 0 Å². The Morgan fingerprint density at radius 1 is 1.30 bits per heavy atom. The number of nitrogens with one attached hydrogen (secondary N) is 1. The lowest BCUT2D eigenvalue weighted by Crippen LogP contribution is -2.29. The predicted molar refractivity (Wildman–Crippen MR) is 77.6 cm³/mol. The fraction of sp³-hybridized carbons (Fsp3) is 0.500. The monoisotopic (exact) mass is 272 g/mol. The Kier molecular flexibility index (Phi) is 3.47. The minimum atomic E-state index is 0.0852. The Hall–Kier alpha value is -1.84. The van der Waals surface area contributed by atoms with Crippen LogP contribution in [-0.4, -0.2) is 24.9 Å². The summed E-state index contributed by atoms with van der Waals surface area (Å²) in [6, 6.07) is 8.06. The number of benzene rings is 1. The predicted octanol–water partition coefficient (Wildman–Crippen LogP) is 2.05. The zero-order valence-electron chi connectivity index (χ0n) is 11.8. The van der Waals surface area contributed by atoms with Gasteiger partial charge in [-0.05, 0) is 30.9 Å². The largest absolute Gasteiger partial charge is 0.356 e. The van der Waals surface area contributed by atoms with Crippen LogP contribution in [0.5, 0.6) is 0 Å². The molecule has 0 bridgehead atoms. The molecule has 3 rings (SSSR count). The van der Waals surface area contributed by atoms with E-state index in [2.05, 4.69) is 11.4 Å². The van der Waals surface area contributed by atoms with Gasteiger partial charge >= 0.3 is 0 Å². The van der Waals surface area contributed by atoms with Crippen molar-refractivity contribution in [3.8, 4) is 0 Å². The minimum Gasteiger partial charge on any atom is -0.356 e. The summed E-state index contributed by atoms with van der Waals surface area (Å²) in [5, 5.41) is 3.00. The topological polar surface area (TPSA) is 49.4 Å². The van der Waals surface area contributed by atoms with Crippen LogP contribution in [0, 0.1) is 5.92 Å². The lowest BCUT2D eigenvalue weighted by Gasteiger charge is -2.15. The highest BCUT2D eigenvalue weighted by Gasteiger charge is 2.31. The van der Waals surface area contributed by atoms with Crippen LogP contribution in [0.2, 0.25) is 0 Å². The Bertz CT molecular complexity index is 537. The van der Waals surface area contributed by atoms with E-state index >= 15 is 0 Å².